The van der Waals surface area contributed by atoms with Crippen molar-refractivity contribution in [1.29, 1.82) is 0 Å². The monoisotopic (exact) mass is 225 g/mol. The SMILES string of the molecule is CCOCCNC(=O)c1cncc(NN)n1. The van der Waals surface area contributed by atoms with Gasteiger partial charge >= 0.3 is 0 Å². The first-order valence-corrected chi connectivity index (χ1v) is 4.92. The third kappa shape index (κ3) is 3.79. The highest BCUT2D eigenvalue weighted by Gasteiger charge is 2.07. The summed E-state index contributed by atoms with van der Waals surface area (Å²) in [6, 6.07) is 0. The lowest BCUT2D eigenvalue weighted by atomic mass is 10.4. The molecular weight excluding hydrogens is 210 g/mol. The zero-order valence-corrected chi connectivity index (χ0v) is 9.06. The van der Waals surface area contributed by atoms with Gasteiger partial charge in [0.25, 0.3) is 5.91 Å². The lowest BCUT2D eigenvalue weighted by Crippen LogP contribution is -2.28. The summed E-state index contributed by atoms with van der Waals surface area (Å²) in [5, 5.41) is 2.65. The van der Waals surface area contributed by atoms with Crippen LogP contribution in [-0.4, -0.2) is 35.6 Å². The molecule has 4 N–H and O–H groups in total. The van der Waals surface area contributed by atoms with E-state index in [0.29, 0.717) is 25.6 Å². The molecule has 1 heterocycles. The van der Waals surface area contributed by atoms with Gasteiger partial charge in [-0.2, -0.15) is 0 Å². The van der Waals surface area contributed by atoms with E-state index in [1.165, 1.54) is 12.4 Å². The van der Waals surface area contributed by atoms with Crippen LogP contribution in [0.15, 0.2) is 12.4 Å². The summed E-state index contributed by atoms with van der Waals surface area (Å²) in [5.41, 5.74) is 2.54. The molecule has 88 valence electrons. The molecule has 0 aliphatic carbocycles. The van der Waals surface area contributed by atoms with Gasteiger partial charge in [0.05, 0.1) is 19.0 Å². The minimum atomic E-state index is -0.302. The largest absolute Gasteiger partial charge is 0.380 e. The average molecular weight is 225 g/mol. The molecule has 0 unspecified atom stereocenters. The summed E-state index contributed by atoms with van der Waals surface area (Å²) in [6.07, 6.45) is 2.80. The van der Waals surface area contributed by atoms with Gasteiger partial charge in [0, 0.05) is 13.2 Å². The predicted molar refractivity (Wildman–Crippen MR) is 58.7 cm³/mol. The van der Waals surface area contributed by atoms with Crippen LogP contribution in [0, 0.1) is 0 Å². The Morgan fingerprint density at radius 3 is 3.06 bits per heavy atom. The molecule has 0 fully saturated rings. The highest BCUT2D eigenvalue weighted by molar-refractivity contribution is 5.92. The minimum Gasteiger partial charge on any atom is -0.380 e. The van der Waals surface area contributed by atoms with Gasteiger partial charge < -0.3 is 15.5 Å². The molecule has 16 heavy (non-hydrogen) atoms. The molecule has 0 spiro atoms. The molecule has 1 rings (SSSR count). The molecule has 1 amide bonds. The zero-order valence-electron chi connectivity index (χ0n) is 9.06. The van der Waals surface area contributed by atoms with E-state index in [-0.39, 0.29) is 11.6 Å². The van der Waals surface area contributed by atoms with Crippen LogP contribution in [-0.2, 0) is 4.74 Å². The van der Waals surface area contributed by atoms with E-state index in [9.17, 15) is 4.79 Å². The summed E-state index contributed by atoms with van der Waals surface area (Å²) < 4.78 is 5.08. The predicted octanol–water partition coefficient (Wildman–Crippen LogP) is -0.471. The first kappa shape index (κ1) is 12.3. The molecule has 0 atom stereocenters. The zero-order chi connectivity index (χ0) is 11.8. The Morgan fingerprint density at radius 1 is 1.56 bits per heavy atom. The second-order valence-electron chi connectivity index (χ2n) is 2.89. The van der Waals surface area contributed by atoms with Crippen LogP contribution < -0.4 is 16.6 Å². The van der Waals surface area contributed by atoms with Gasteiger partial charge in [0.2, 0.25) is 0 Å². The van der Waals surface area contributed by atoms with Crippen LogP contribution in [0.3, 0.4) is 0 Å². The fraction of sp³-hybridized carbons (Fsp3) is 0.444. The normalized spacial score (nSPS) is 9.88. The van der Waals surface area contributed by atoms with Gasteiger partial charge in [-0.1, -0.05) is 0 Å². The van der Waals surface area contributed by atoms with E-state index in [1.54, 1.807) is 0 Å². The number of nitrogens with two attached hydrogens (primary N) is 1. The lowest BCUT2D eigenvalue weighted by molar-refractivity contribution is 0.0917. The molecule has 0 aromatic carbocycles. The number of nitrogens with one attached hydrogen (secondary N) is 2. The van der Waals surface area contributed by atoms with Crippen LogP contribution in [0.4, 0.5) is 5.82 Å². The number of hydrogen-bond donors (Lipinski definition) is 3. The molecule has 0 saturated heterocycles. The summed E-state index contributed by atoms with van der Waals surface area (Å²) in [4.78, 5) is 19.3. The van der Waals surface area contributed by atoms with Gasteiger partial charge in [-0.3, -0.25) is 9.78 Å². The van der Waals surface area contributed by atoms with E-state index >= 15 is 0 Å². The van der Waals surface area contributed by atoms with Crippen molar-refractivity contribution in [2.24, 2.45) is 5.84 Å². The van der Waals surface area contributed by atoms with Gasteiger partial charge in [-0.25, -0.2) is 10.8 Å². The lowest BCUT2D eigenvalue weighted by Gasteiger charge is -2.05. The molecule has 1 aromatic rings. The first-order chi connectivity index (χ1) is 7.77. The quantitative estimate of drug-likeness (QED) is 0.343. The Morgan fingerprint density at radius 2 is 2.38 bits per heavy atom. The number of aromatic nitrogens is 2. The van der Waals surface area contributed by atoms with Crippen molar-refractivity contribution < 1.29 is 9.53 Å². The number of anilines is 1. The van der Waals surface area contributed by atoms with E-state index in [1.807, 2.05) is 6.92 Å². The maximum Gasteiger partial charge on any atom is 0.271 e. The third-order valence-corrected chi connectivity index (χ3v) is 1.75. The van der Waals surface area contributed by atoms with Gasteiger partial charge in [0.15, 0.2) is 5.82 Å². The second-order valence-corrected chi connectivity index (χ2v) is 2.89. The molecule has 0 aliphatic heterocycles. The van der Waals surface area contributed by atoms with Gasteiger partial charge in [-0.15, -0.1) is 0 Å². The summed E-state index contributed by atoms with van der Waals surface area (Å²) in [6.45, 7) is 3.44. The molecule has 0 saturated carbocycles. The Bertz CT molecular complexity index is 344. The summed E-state index contributed by atoms with van der Waals surface area (Å²) >= 11 is 0. The molecule has 7 heteroatoms. The molecule has 1 aromatic heterocycles. The van der Waals surface area contributed by atoms with Crippen molar-refractivity contribution in [2.45, 2.75) is 6.92 Å². The fourth-order valence-corrected chi connectivity index (χ4v) is 1.02. The summed E-state index contributed by atoms with van der Waals surface area (Å²) in [7, 11) is 0. The Balaban J connectivity index is 2.46. The molecule has 0 radical (unpaired) electrons. The van der Waals surface area contributed by atoms with Crippen molar-refractivity contribution in [3.8, 4) is 0 Å². The maximum atomic E-state index is 11.5. The van der Waals surface area contributed by atoms with E-state index < -0.39 is 0 Å². The minimum absolute atomic E-state index is 0.215. The fourth-order valence-electron chi connectivity index (χ4n) is 1.02. The number of hydrazine groups is 1. The van der Waals surface area contributed by atoms with Crippen molar-refractivity contribution in [3.63, 3.8) is 0 Å². The Labute approximate surface area is 93.4 Å². The molecule has 0 aliphatic rings. The van der Waals surface area contributed by atoms with Crippen molar-refractivity contribution in [3.05, 3.63) is 18.1 Å². The highest BCUT2D eigenvalue weighted by atomic mass is 16.5. The smallest absolute Gasteiger partial charge is 0.271 e. The average Bonchev–Trinajstić information content (AvgIpc) is 2.34. The molecular formula is C9H15N5O2. The Hall–Kier alpha value is -1.73. The van der Waals surface area contributed by atoms with Gasteiger partial charge in [0.1, 0.15) is 5.69 Å². The number of ether oxygens (including phenoxy) is 1. The number of nitrogens with zero attached hydrogens (tertiary/aromatic N) is 2. The number of amides is 1. The van der Waals surface area contributed by atoms with E-state index in [4.69, 9.17) is 10.6 Å². The maximum absolute atomic E-state index is 11.5. The number of nitrogen functional groups attached to an aromatic ring is 1. The number of carbonyl (C=O) groups excluding carboxylic acids is 1. The number of rotatable bonds is 6. The topological polar surface area (TPSA) is 102 Å². The molecule has 7 nitrogen and oxygen atoms in total. The second kappa shape index (κ2) is 6.70. The summed E-state index contributed by atoms with van der Waals surface area (Å²) in [5.74, 6) is 5.20. The van der Waals surface area contributed by atoms with Crippen molar-refractivity contribution in [1.82, 2.24) is 15.3 Å². The third-order valence-electron chi connectivity index (χ3n) is 1.75. The number of hydrogen-bond acceptors (Lipinski definition) is 6. The van der Waals surface area contributed by atoms with Crippen molar-refractivity contribution in [2.75, 3.05) is 25.2 Å². The van der Waals surface area contributed by atoms with Gasteiger partial charge in [-0.05, 0) is 6.92 Å². The first-order valence-electron chi connectivity index (χ1n) is 4.92. The van der Waals surface area contributed by atoms with E-state index in [2.05, 4.69) is 20.7 Å². The molecule has 0 bridgehead atoms. The Kier molecular flexibility index (Phi) is 5.17. The standard InChI is InChI=1S/C9H15N5O2/c1-2-16-4-3-12-9(15)7-5-11-6-8(13-7)14-10/h5-6H,2-4,10H2,1H3,(H,12,15)(H,13,14). The van der Waals surface area contributed by atoms with Crippen molar-refractivity contribution >= 4 is 11.7 Å². The van der Waals surface area contributed by atoms with E-state index in [0.717, 1.165) is 0 Å². The van der Waals surface area contributed by atoms with Crippen LogP contribution in [0.5, 0.6) is 0 Å². The number of carbonyl (C=O) groups is 1. The van der Waals surface area contributed by atoms with Crippen LogP contribution in [0.2, 0.25) is 0 Å². The van der Waals surface area contributed by atoms with Crippen LogP contribution in [0.1, 0.15) is 17.4 Å². The highest BCUT2D eigenvalue weighted by Crippen LogP contribution is 1.99. The van der Waals surface area contributed by atoms with Crippen LogP contribution in [0.25, 0.3) is 0 Å². The van der Waals surface area contributed by atoms with Crippen LogP contribution >= 0.6 is 0 Å².